The minimum absolute atomic E-state index is 0.629. The Kier molecular flexibility index (Phi) is 3.09. The minimum Gasteiger partial charge on any atom is -0.244 e. The van der Waals surface area contributed by atoms with E-state index in [2.05, 4.69) is 9.97 Å². The molecule has 0 spiro atoms. The molecule has 2 aromatic heterocycles. The lowest BCUT2D eigenvalue weighted by Gasteiger charge is -2.04. The van der Waals surface area contributed by atoms with Crippen LogP contribution in [-0.2, 0) is 0 Å². The Morgan fingerprint density at radius 2 is 1.83 bits per heavy atom. The second-order valence-corrected chi connectivity index (χ2v) is 5.03. The van der Waals surface area contributed by atoms with Crippen LogP contribution in [0.4, 0.5) is 0 Å². The summed E-state index contributed by atoms with van der Waals surface area (Å²) in [5.41, 5.74) is 2.73. The molecule has 0 unspecified atom stereocenters. The SMILES string of the molecule is Clc1ccc(-c2ccccc2)nc1-c1nccs1. The summed E-state index contributed by atoms with van der Waals surface area (Å²) in [4.78, 5) is 8.85. The van der Waals surface area contributed by atoms with E-state index < -0.39 is 0 Å². The third-order valence-electron chi connectivity index (χ3n) is 2.55. The minimum atomic E-state index is 0.629. The molecule has 0 radical (unpaired) electrons. The maximum absolute atomic E-state index is 6.18. The van der Waals surface area contributed by atoms with Crippen LogP contribution < -0.4 is 0 Å². The molecule has 0 N–H and O–H groups in total. The van der Waals surface area contributed by atoms with Gasteiger partial charge in [-0.1, -0.05) is 41.9 Å². The van der Waals surface area contributed by atoms with E-state index in [-0.39, 0.29) is 0 Å². The van der Waals surface area contributed by atoms with Gasteiger partial charge in [0.2, 0.25) is 0 Å². The van der Waals surface area contributed by atoms with Gasteiger partial charge in [0.15, 0.2) is 0 Å². The van der Waals surface area contributed by atoms with E-state index in [1.165, 1.54) is 11.3 Å². The number of hydrogen-bond acceptors (Lipinski definition) is 3. The van der Waals surface area contributed by atoms with Crippen LogP contribution >= 0.6 is 22.9 Å². The fourth-order valence-electron chi connectivity index (χ4n) is 1.70. The number of aromatic nitrogens is 2. The molecule has 0 aliphatic carbocycles. The fraction of sp³-hybridized carbons (Fsp3) is 0. The van der Waals surface area contributed by atoms with E-state index in [4.69, 9.17) is 11.6 Å². The molecule has 3 rings (SSSR count). The lowest BCUT2D eigenvalue weighted by molar-refractivity contribution is 1.29. The highest BCUT2D eigenvalue weighted by Gasteiger charge is 2.09. The molecule has 3 aromatic rings. The Balaban J connectivity index is 2.12. The van der Waals surface area contributed by atoms with Gasteiger partial charge in [0.05, 0.1) is 10.7 Å². The van der Waals surface area contributed by atoms with Gasteiger partial charge in [-0.25, -0.2) is 9.97 Å². The smallest absolute Gasteiger partial charge is 0.143 e. The molecule has 0 aliphatic heterocycles. The molecule has 4 heteroatoms. The largest absolute Gasteiger partial charge is 0.244 e. The number of rotatable bonds is 2. The van der Waals surface area contributed by atoms with Crippen molar-refractivity contribution in [3.8, 4) is 22.0 Å². The van der Waals surface area contributed by atoms with E-state index in [0.29, 0.717) is 5.02 Å². The zero-order valence-electron chi connectivity index (χ0n) is 9.38. The van der Waals surface area contributed by atoms with Gasteiger partial charge in [-0.15, -0.1) is 11.3 Å². The number of benzene rings is 1. The van der Waals surface area contributed by atoms with Crippen LogP contribution in [0.25, 0.3) is 22.0 Å². The van der Waals surface area contributed by atoms with Crippen molar-refractivity contribution in [1.29, 1.82) is 0 Å². The summed E-state index contributed by atoms with van der Waals surface area (Å²) in [7, 11) is 0. The van der Waals surface area contributed by atoms with E-state index in [1.807, 2.05) is 47.8 Å². The maximum Gasteiger partial charge on any atom is 0.143 e. The number of pyridine rings is 1. The molecule has 2 heterocycles. The highest BCUT2D eigenvalue weighted by Crippen LogP contribution is 2.30. The average Bonchev–Trinajstić information content (AvgIpc) is 2.94. The molecule has 0 aliphatic rings. The van der Waals surface area contributed by atoms with Crippen molar-refractivity contribution in [3.05, 3.63) is 59.1 Å². The average molecular weight is 273 g/mol. The van der Waals surface area contributed by atoms with Crippen molar-refractivity contribution >= 4 is 22.9 Å². The fourth-order valence-corrected chi connectivity index (χ4v) is 2.59. The summed E-state index contributed by atoms with van der Waals surface area (Å²) < 4.78 is 0. The van der Waals surface area contributed by atoms with Crippen LogP contribution in [0.3, 0.4) is 0 Å². The summed E-state index contributed by atoms with van der Waals surface area (Å²) in [5, 5.41) is 3.39. The van der Waals surface area contributed by atoms with Gasteiger partial charge in [-0.3, -0.25) is 0 Å². The van der Waals surface area contributed by atoms with E-state index in [0.717, 1.165) is 22.0 Å². The zero-order chi connectivity index (χ0) is 12.4. The van der Waals surface area contributed by atoms with Crippen molar-refractivity contribution in [1.82, 2.24) is 9.97 Å². The molecule has 1 aromatic carbocycles. The van der Waals surface area contributed by atoms with Crippen molar-refractivity contribution in [2.24, 2.45) is 0 Å². The topological polar surface area (TPSA) is 25.8 Å². The highest BCUT2D eigenvalue weighted by atomic mass is 35.5. The van der Waals surface area contributed by atoms with Crippen LogP contribution in [0.2, 0.25) is 5.02 Å². The standard InChI is InChI=1S/C14H9ClN2S/c15-11-6-7-12(10-4-2-1-3-5-10)17-13(11)14-16-8-9-18-14/h1-9H. The van der Waals surface area contributed by atoms with Crippen LogP contribution in [0, 0.1) is 0 Å². The quantitative estimate of drug-likeness (QED) is 0.685. The lowest BCUT2D eigenvalue weighted by atomic mass is 10.1. The van der Waals surface area contributed by atoms with Gasteiger partial charge in [0.25, 0.3) is 0 Å². The van der Waals surface area contributed by atoms with Gasteiger partial charge in [-0.2, -0.15) is 0 Å². The Bertz CT molecular complexity index is 651. The molecule has 0 amide bonds. The Hall–Kier alpha value is -1.71. The predicted molar refractivity (Wildman–Crippen MR) is 75.8 cm³/mol. The van der Waals surface area contributed by atoms with E-state index in [1.54, 1.807) is 6.20 Å². The summed E-state index contributed by atoms with van der Waals surface area (Å²) in [6.45, 7) is 0. The molecule has 0 fully saturated rings. The molecule has 0 saturated heterocycles. The van der Waals surface area contributed by atoms with Gasteiger partial charge in [0.1, 0.15) is 10.7 Å². The number of thiazole rings is 1. The first-order chi connectivity index (χ1) is 8.84. The van der Waals surface area contributed by atoms with E-state index >= 15 is 0 Å². The van der Waals surface area contributed by atoms with Gasteiger partial charge < -0.3 is 0 Å². The lowest BCUT2D eigenvalue weighted by Crippen LogP contribution is -1.88. The van der Waals surface area contributed by atoms with Gasteiger partial charge in [0, 0.05) is 17.1 Å². The Morgan fingerprint density at radius 1 is 1.00 bits per heavy atom. The molecule has 2 nitrogen and oxygen atoms in total. The second-order valence-electron chi connectivity index (χ2n) is 3.73. The summed E-state index contributed by atoms with van der Waals surface area (Å²) in [6, 6.07) is 13.8. The molecule has 0 saturated carbocycles. The zero-order valence-corrected chi connectivity index (χ0v) is 10.9. The first-order valence-corrected chi connectivity index (χ1v) is 6.72. The number of nitrogens with zero attached hydrogens (tertiary/aromatic N) is 2. The molecular weight excluding hydrogens is 264 g/mol. The van der Waals surface area contributed by atoms with Crippen molar-refractivity contribution in [3.63, 3.8) is 0 Å². The van der Waals surface area contributed by atoms with Crippen molar-refractivity contribution < 1.29 is 0 Å². The van der Waals surface area contributed by atoms with E-state index in [9.17, 15) is 0 Å². The number of hydrogen-bond donors (Lipinski definition) is 0. The monoisotopic (exact) mass is 272 g/mol. The second kappa shape index (κ2) is 4.88. The highest BCUT2D eigenvalue weighted by molar-refractivity contribution is 7.13. The molecule has 88 valence electrons. The normalized spacial score (nSPS) is 10.5. The number of halogens is 1. The van der Waals surface area contributed by atoms with Crippen LogP contribution in [0.5, 0.6) is 0 Å². The summed E-state index contributed by atoms with van der Waals surface area (Å²) in [5.74, 6) is 0. The Labute approximate surface area is 114 Å². The third kappa shape index (κ3) is 2.15. The molecule has 18 heavy (non-hydrogen) atoms. The van der Waals surface area contributed by atoms with Crippen molar-refractivity contribution in [2.45, 2.75) is 0 Å². The van der Waals surface area contributed by atoms with Gasteiger partial charge >= 0.3 is 0 Å². The molecule has 0 atom stereocenters. The molecular formula is C14H9ClN2S. The van der Waals surface area contributed by atoms with Crippen LogP contribution in [0.15, 0.2) is 54.0 Å². The van der Waals surface area contributed by atoms with Crippen LogP contribution in [0.1, 0.15) is 0 Å². The predicted octanol–water partition coefficient (Wildman–Crippen LogP) is 4.53. The molecule has 0 bridgehead atoms. The van der Waals surface area contributed by atoms with Gasteiger partial charge in [-0.05, 0) is 12.1 Å². The third-order valence-corrected chi connectivity index (χ3v) is 3.64. The summed E-state index contributed by atoms with van der Waals surface area (Å²) in [6.07, 6.45) is 1.76. The first-order valence-electron chi connectivity index (χ1n) is 5.46. The maximum atomic E-state index is 6.18. The van der Waals surface area contributed by atoms with Crippen molar-refractivity contribution in [2.75, 3.05) is 0 Å². The summed E-state index contributed by atoms with van der Waals surface area (Å²) >= 11 is 7.72. The Morgan fingerprint density at radius 3 is 2.56 bits per heavy atom. The van der Waals surface area contributed by atoms with Crippen LogP contribution in [-0.4, -0.2) is 9.97 Å². The first kappa shape index (κ1) is 11.4.